The molecule has 0 aliphatic heterocycles. The Hall–Kier alpha value is -1.77. The Morgan fingerprint density at radius 2 is 2.28 bits per heavy atom. The second kappa shape index (κ2) is 7.54. The molecule has 1 aromatic rings. The molecule has 0 fully saturated rings. The molecule has 3 heteroatoms. The zero-order valence-corrected chi connectivity index (χ0v) is 10.9. The van der Waals surface area contributed by atoms with Crippen molar-refractivity contribution in [1.29, 1.82) is 0 Å². The monoisotopic (exact) mass is 248 g/mol. The summed E-state index contributed by atoms with van der Waals surface area (Å²) in [6, 6.07) is 7.44. The summed E-state index contributed by atoms with van der Waals surface area (Å²) >= 11 is 0. The van der Waals surface area contributed by atoms with Crippen molar-refractivity contribution in [2.24, 2.45) is 5.92 Å². The minimum atomic E-state index is -0.946. The second-order valence-electron chi connectivity index (χ2n) is 4.45. The van der Waals surface area contributed by atoms with Crippen molar-refractivity contribution in [2.75, 3.05) is 6.61 Å². The molecule has 0 radical (unpaired) electrons. The maximum absolute atomic E-state index is 10.4. The van der Waals surface area contributed by atoms with E-state index in [4.69, 9.17) is 9.84 Å². The first kappa shape index (κ1) is 14.3. The maximum Gasteiger partial charge on any atom is 0.328 e. The quantitative estimate of drug-likeness (QED) is 0.750. The molecule has 0 saturated carbocycles. The number of hydrogen-bond acceptors (Lipinski definition) is 2. The van der Waals surface area contributed by atoms with Gasteiger partial charge < -0.3 is 9.84 Å². The van der Waals surface area contributed by atoms with Gasteiger partial charge in [-0.05, 0) is 36.1 Å². The lowest BCUT2D eigenvalue weighted by molar-refractivity contribution is -0.131. The van der Waals surface area contributed by atoms with Crippen LogP contribution < -0.4 is 4.74 Å². The summed E-state index contributed by atoms with van der Waals surface area (Å²) in [6.45, 7) is 5.02. The highest BCUT2D eigenvalue weighted by atomic mass is 16.5. The molecule has 3 nitrogen and oxygen atoms in total. The summed E-state index contributed by atoms with van der Waals surface area (Å²) in [7, 11) is 0. The van der Waals surface area contributed by atoms with E-state index in [2.05, 4.69) is 13.8 Å². The number of carboxylic acid groups (broad SMARTS) is 1. The fourth-order valence-electron chi connectivity index (χ4n) is 1.69. The van der Waals surface area contributed by atoms with E-state index in [1.807, 2.05) is 24.3 Å². The highest BCUT2D eigenvalue weighted by Crippen LogP contribution is 2.16. The third kappa shape index (κ3) is 5.53. The fraction of sp³-hybridized carbons (Fsp3) is 0.400. The maximum atomic E-state index is 10.4. The predicted octanol–water partition coefficient (Wildman–Crippen LogP) is 3.60. The van der Waals surface area contributed by atoms with Gasteiger partial charge in [0.05, 0.1) is 6.61 Å². The molecule has 0 aromatic heterocycles. The Kier molecular flexibility index (Phi) is 5.98. The van der Waals surface area contributed by atoms with Crippen LogP contribution in [0.15, 0.2) is 30.3 Å². The van der Waals surface area contributed by atoms with E-state index in [1.54, 1.807) is 6.08 Å². The highest BCUT2D eigenvalue weighted by Gasteiger charge is 2.02. The van der Waals surface area contributed by atoms with Crippen LogP contribution in [-0.2, 0) is 4.79 Å². The van der Waals surface area contributed by atoms with Crippen LogP contribution in [0, 0.1) is 5.92 Å². The average Bonchev–Trinajstić information content (AvgIpc) is 2.35. The number of aliphatic carboxylic acids is 1. The fourth-order valence-corrected chi connectivity index (χ4v) is 1.69. The SMILES string of the molecule is CCCC(C)COc1cccc(C=CC(=O)O)c1. The van der Waals surface area contributed by atoms with Crippen molar-refractivity contribution in [1.82, 2.24) is 0 Å². The van der Waals surface area contributed by atoms with Gasteiger partial charge in [0.2, 0.25) is 0 Å². The van der Waals surface area contributed by atoms with Gasteiger partial charge in [-0.15, -0.1) is 0 Å². The van der Waals surface area contributed by atoms with Crippen molar-refractivity contribution in [3.8, 4) is 5.75 Å². The van der Waals surface area contributed by atoms with Crippen LogP contribution in [0.4, 0.5) is 0 Å². The summed E-state index contributed by atoms with van der Waals surface area (Å²) in [5.74, 6) is 0.372. The first-order chi connectivity index (χ1) is 8.61. The largest absolute Gasteiger partial charge is 0.493 e. The highest BCUT2D eigenvalue weighted by molar-refractivity contribution is 5.85. The molecule has 0 spiro atoms. The van der Waals surface area contributed by atoms with Crippen LogP contribution in [0.25, 0.3) is 6.08 Å². The van der Waals surface area contributed by atoms with Crippen LogP contribution in [0.2, 0.25) is 0 Å². The van der Waals surface area contributed by atoms with Crippen LogP contribution >= 0.6 is 0 Å². The van der Waals surface area contributed by atoms with Crippen molar-refractivity contribution in [3.63, 3.8) is 0 Å². The number of rotatable bonds is 7. The van der Waals surface area contributed by atoms with Crippen molar-refractivity contribution in [2.45, 2.75) is 26.7 Å². The number of hydrogen-bond donors (Lipinski definition) is 1. The number of ether oxygens (including phenoxy) is 1. The van der Waals surface area contributed by atoms with Gasteiger partial charge in [0.1, 0.15) is 5.75 Å². The molecule has 1 aromatic carbocycles. The average molecular weight is 248 g/mol. The molecule has 0 saturated heterocycles. The van der Waals surface area contributed by atoms with Crippen molar-refractivity contribution < 1.29 is 14.6 Å². The van der Waals surface area contributed by atoms with Gasteiger partial charge in [0.15, 0.2) is 0 Å². The molecule has 0 heterocycles. The second-order valence-corrected chi connectivity index (χ2v) is 4.45. The Bertz CT molecular complexity index is 410. The lowest BCUT2D eigenvalue weighted by atomic mass is 10.1. The first-order valence-corrected chi connectivity index (χ1v) is 6.25. The van der Waals surface area contributed by atoms with Gasteiger partial charge in [-0.3, -0.25) is 0 Å². The summed E-state index contributed by atoms with van der Waals surface area (Å²) in [5, 5.41) is 8.56. The third-order valence-corrected chi connectivity index (χ3v) is 2.59. The van der Waals surface area contributed by atoms with Gasteiger partial charge in [0, 0.05) is 6.08 Å². The van der Waals surface area contributed by atoms with Gasteiger partial charge in [-0.2, -0.15) is 0 Å². The summed E-state index contributed by atoms with van der Waals surface area (Å²) < 4.78 is 5.69. The molecule has 1 atom stereocenters. The van der Waals surface area contributed by atoms with E-state index in [1.165, 1.54) is 0 Å². The smallest absolute Gasteiger partial charge is 0.328 e. The van der Waals surface area contributed by atoms with Gasteiger partial charge >= 0.3 is 5.97 Å². The topological polar surface area (TPSA) is 46.5 Å². The molecule has 0 bridgehead atoms. The Morgan fingerprint density at radius 1 is 1.50 bits per heavy atom. The molecule has 0 amide bonds. The minimum Gasteiger partial charge on any atom is -0.493 e. The molecule has 18 heavy (non-hydrogen) atoms. The lowest BCUT2D eigenvalue weighted by Crippen LogP contribution is -2.08. The molecule has 0 aliphatic rings. The van der Waals surface area contributed by atoms with E-state index in [9.17, 15) is 4.79 Å². The molecule has 0 aliphatic carbocycles. The standard InChI is InChI=1S/C15H20O3/c1-3-5-12(2)11-18-14-7-4-6-13(10-14)8-9-15(16)17/h4,6-10,12H,3,5,11H2,1-2H3,(H,16,17). The molecule has 1 rings (SSSR count). The molecule has 1 N–H and O–H groups in total. The Morgan fingerprint density at radius 3 is 2.94 bits per heavy atom. The van der Waals surface area contributed by atoms with Crippen LogP contribution in [-0.4, -0.2) is 17.7 Å². The van der Waals surface area contributed by atoms with Crippen molar-refractivity contribution in [3.05, 3.63) is 35.9 Å². The van der Waals surface area contributed by atoms with E-state index in [-0.39, 0.29) is 0 Å². The zero-order valence-electron chi connectivity index (χ0n) is 10.9. The Balaban J connectivity index is 2.56. The van der Waals surface area contributed by atoms with E-state index >= 15 is 0 Å². The molecular weight excluding hydrogens is 228 g/mol. The summed E-state index contributed by atoms with van der Waals surface area (Å²) in [5.41, 5.74) is 0.832. The van der Waals surface area contributed by atoms with Crippen LogP contribution in [0.5, 0.6) is 5.75 Å². The number of benzene rings is 1. The number of carboxylic acids is 1. The van der Waals surface area contributed by atoms with Crippen LogP contribution in [0.3, 0.4) is 0 Å². The van der Waals surface area contributed by atoms with Gasteiger partial charge in [-0.25, -0.2) is 4.79 Å². The van der Waals surface area contributed by atoms with Gasteiger partial charge in [0.25, 0.3) is 0 Å². The van der Waals surface area contributed by atoms with E-state index < -0.39 is 5.97 Å². The minimum absolute atomic E-state index is 0.535. The zero-order chi connectivity index (χ0) is 13.4. The predicted molar refractivity (Wildman–Crippen MR) is 72.7 cm³/mol. The van der Waals surface area contributed by atoms with E-state index in [0.29, 0.717) is 12.5 Å². The molecular formula is C15H20O3. The third-order valence-electron chi connectivity index (χ3n) is 2.59. The summed E-state index contributed by atoms with van der Waals surface area (Å²) in [6.07, 6.45) is 4.99. The van der Waals surface area contributed by atoms with Crippen molar-refractivity contribution >= 4 is 12.0 Å². The number of carbonyl (C=O) groups is 1. The summed E-state index contributed by atoms with van der Waals surface area (Å²) in [4.78, 5) is 10.4. The normalized spacial score (nSPS) is 12.6. The molecule has 98 valence electrons. The lowest BCUT2D eigenvalue weighted by Gasteiger charge is -2.12. The molecule has 1 unspecified atom stereocenters. The van der Waals surface area contributed by atoms with E-state index in [0.717, 1.165) is 30.2 Å². The Labute approximate surface area is 108 Å². The first-order valence-electron chi connectivity index (χ1n) is 6.25. The van der Waals surface area contributed by atoms with Gasteiger partial charge in [-0.1, -0.05) is 32.4 Å². The van der Waals surface area contributed by atoms with Crippen LogP contribution in [0.1, 0.15) is 32.3 Å².